The smallest absolute Gasteiger partial charge is 0.245 e. The van der Waals surface area contributed by atoms with E-state index in [0.29, 0.717) is 17.9 Å². The first-order valence-electron chi connectivity index (χ1n) is 9.02. The molecule has 7 heteroatoms. The number of rotatable bonds is 4. The molecule has 0 radical (unpaired) electrons. The van der Waals surface area contributed by atoms with E-state index in [-0.39, 0.29) is 23.9 Å². The van der Waals surface area contributed by atoms with Crippen molar-refractivity contribution in [3.8, 4) is 0 Å². The van der Waals surface area contributed by atoms with Crippen LogP contribution in [0, 0.1) is 11.6 Å². The molecule has 2 heterocycles. The van der Waals surface area contributed by atoms with Gasteiger partial charge >= 0.3 is 0 Å². The van der Waals surface area contributed by atoms with Crippen molar-refractivity contribution in [2.75, 3.05) is 11.4 Å². The number of nitrogens with zero attached hydrogens (tertiary/aromatic N) is 3. The van der Waals surface area contributed by atoms with Crippen molar-refractivity contribution < 1.29 is 13.6 Å². The molecule has 5 nitrogen and oxygen atoms in total. The van der Waals surface area contributed by atoms with Gasteiger partial charge in [-0.3, -0.25) is 14.4 Å². The predicted octanol–water partition coefficient (Wildman–Crippen LogP) is 2.73. The molecule has 1 saturated heterocycles. The molecule has 2 fully saturated rings. The highest BCUT2D eigenvalue weighted by atomic mass is 19.1. The van der Waals surface area contributed by atoms with Crippen LogP contribution < -0.4 is 10.2 Å². The number of aromatic nitrogens is 2. The molecule has 1 N–H and O–H groups in total. The summed E-state index contributed by atoms with van der Waals surface area (Å²) in [6.07, 6.45) is 5.13. The third-order valence-corrected chi connectivity index (χ3v) is 5.35. The van der Waals surface area contributed by atoms with Gasteiger partial charge in [0.2, 0.25) is 5.91 Å². The summed E-state index contributed by atoms with van der Waals surface area (Å²) >= 11 is 0. The number of aryl methyl sites for hydroxylation is 1. The summed E-state index contributed by atoms with van der Waals surface area (Å²) in [6.45, 7) is 0.684. The van der Waals surface area contributed by atoms with Crippen LogP contribution in [0.25, 0.3) is 0 Å². The summed E-state index contributed by atoms with van der Waals surface area (Å²) in [5, 5.41) is 7.75. The van der Waals surface area contributed by atoms with Crippen molar-refractivity contribution in [3.63, 3.8) is 0 Å². The summed E-state index contributed by atoms with van der Waals surface area (Å²) < 4.78 is 28.4. The van der Waals surface area contributed by atoms with Crippen molar-refractivity contribution in [1.82, 2.24) is 15.1 Å². The number of nitrogens with one attached hydrogen (secondary N) is 1. The molecule has 0 bridgehead atoms. The molecule has 1 aromatic carbocycles. The van der Waals surface area contributed by atoms with E-state index >= 15 is 0 Å². The number of carbonyl (C=O) groups excluding carboxylic acids is 1. The van der Waals surface area contributed by atoms with Crippen molar-refractivity contribution in [2.24, 2.45) is 7.05 Å². The fourth-order valence-electron chi connectivity index (χ4n) is 3.93. The predicted molar refractivity (Wildman–Crippen MR) is 93.8 cm³/mol. The Kier molecular flexibility index (Phi) is 4.48. The molecule has 1 atom stereocenters. The first-order valence-corrected chi connectivity index (χ1v) is 9.02. The van der Waals surface area contributed by atoms with Crippen LogP contribution in [0.1, 0.15) is 37.2 Å². The van der Waals surface area contributed by atoms with Gasteiger partial charge in [-0.1, -0.05) is 0 Å². The Morgan fingerprint density at radius 1 is 1.19 bits per heavy atom. The molecule has 1 saturated carbocycles. The summed E-state index contributed by atoms with van der Waals surface area (Å²) in [7, 11) is 1.83. The van der Waals surface area contributed by atoms with E-state index in [4.69, 9.17) is 0 Å². The fourth-order valence-corrected chi connectivity index (χ4v) is 3.93. The van der Waals surface area contributed by atoms with E-state index in [1.807, 2.05) is 19.3 Å². The molecule has 2 aliphatic rings. The Bertz CT molecular complexity index is 795. The van der Waals surface area contributed by atoms with E-state index in [9.17, 15) is 13.6 Å². The molecule has 0 spiro atoms. The van der Waals surface area contributed by atoms with Gasteiger partial charge in [-0.15, -0.1) is 0 Å². The first kappa shape index (κ1) is 17.1. The lowest BCUT2D eigenvalue weighted by Gasteiger charge is -2.40. The third-order valence-electron chi connectivity index (χ3n) is 5.35. The molecule has 1 amide bonds. The number of halogens is 2. The van der Waals surface area contributed by atoms with E-state index in [2.05, 4.69) is 10.4 Å². The van der Waals surface area contributed by atoms with Gasteiger partial charge < -0.3 is 5.32 Å². The first-order chi connectivity index (χ1) is 12.5. The molecular formula is C19H22F2N4O. The lowest BCUT2D eigenvalue weighted by Crippen LogP contribution is -2.55. The molecule has 4 rings (SSSR count). The summed E-state index contributed by atoms with van der Waals surface area (Å²) in [5.41, 5.74) is 0.700. The van der Waals surface area contributed by atoms with Gasteiger partial charge in [0.05, 0.1) is 6.04 Å². The number of amides is 1. The lowest BCUT2D eigenvalue weighted by atomic mass is 9.75. The fraction of sp³-hybridized carbons (Fsp3) is 0.474. The van der Waals surface area contributed by atoms with E-state index in [0.717, 1.165) is 31.7 Å². The number of benzene rings is 1. The third kappa shape index (κ3) is 3.35. The number of piperidine rings is 1. The molecular weight excluding hydrogens is 338 g/mol. The molecule has 1 aliphatic carbocycles. The van der Waals surface area contributed by atoms with Crippen molar-refractivity contribution in [1.29, 1.82) is 0 Å². The zero-order chi connectivity index (χ0) is 18.3. The van der Waals surface area contributed by atoms with Crippen LogP contribution in [-0.4, -0.2) is 34.3 Å². The van der Waals surface area contributed by atoms with Crippen LogP contribution in [-0.2, 0) is 11.8 Å². The second kappa shape index (κ2) is 6.79. The van der Waals surface area contributed by atoms with Crippen LogP contribution in [0.3, 0.4) is 0 Å². The maximum absolute atomic E-state index is 13.4. The SMILES string of the molecule is Cn1ccc(N2CCC[C@H](NC3CC(c4cc(F)cc(F)c4)C3)C2=O)n1. The van der Waals surface area contributed by atoms with Gasteiger partial charge in [-0.05, 0) is 49.3 Å². The summed E-state index contributed by atoms with van der Waals surface area (Å²) in [6, 6.07) is 5.52. The minimum absolute atomic E-state index is 0.0511. The van der Waals surface area contributed by atoms with Gasteiger partial charge in [-0.2, -0.15) is 5.10 Å². The largest absolute Gasteiger partial charge is 0.303 e. The highest BCUT2D eigenvalue weighted by Crippen LogP contribution is 2.38. The second-order valence-electron chi connectivity index (χ2n) is 7.27. The van der Waals surface area contributed by atoms with Gasteiger partial charge in [0.25, 0.3) is 0 Å². The number of hydrogen-bond donors (Lipinski definition) is 1. The van der Waals surface area contributed by atoms with Crippen LogP contribution in [0.2, 0.25) is 0 Å². The van der Waals surface area contributed by atoms with E-state index in [1.54, 1.807) is 9.58 Å². The van der Waals surface area contributed by atoms with Gasteiger partial charge in [0.15, 0.2) is 5.82 Å². The van der Waals surface area contributed by atoms with Crippen molar-refractivity contribution >= 4 is 11.7 Å². The second-order valence-corrected chi connectivity index (χ2v) is 7.27. The standard InChI is InChI=1S/C19H22F2N4O/c1-24-6-4-18(23-24)25-5-2-3-17(19(25)26)22-16-9-13(10-16)12-7-14(20)11-15(21)8-12/h4,6-8,11,13,16-17,22H,2-3,5,9-10H2,1H3/t13?,16?,17-/m0/s1. The Morgan fingerprint density at radius 2 is 1.92 bits per heavy atom. The Morgan fingerprint density at radius 3 is 2.58 bits per heavy atom. The molecule has 0 unspecified atom stereocenters. The minimum atomic E-state index is -0.537. The van der Waals surface area contributed by atoms with Gasteiger partial charge in [0, 0.05) is 38.0 Å². The average molecular weight is 360 g/mol. The minimum Gasteiger partial charge on any atom is -0.303 e. The Balaban J connectivity index is 1.35. The summed E-state index contributed by atoms with van der Waals surface area (Å²) in [4.78, 5) is 14.5. The number of hydrogen-bond acceptors (Lipinski definition) is 3. The van der Waals surface area contributed by atoms with E-state index in [1.165, 1.54) is 12.1 Å². The molecule has 2 aromatic rings. The monoisotopic (exact) mass is 360 g/mol. The van der Waals surface area contributed by atoms with E-state index < -0.39 is 11.6 Å². The number of anilines is 1. The topological polar surface area (TPSA) is 50.2 Å². The van der Waals surface area contributed by atoms with Gasteiger partial charge in [0.1, 0.15) is 11.6 Å². The average Bonchev–Trinajstić information content (AvgIpc) is 2.97. The maximum Gasteiger partial charge on any atom is 0.245 e. The zero-order valence-electron chi connectivity index (χ0n) is 14.7. The Labute approximate surface area is 151 Å². The number of carbonyl (C=O) groups is 1. The van der Waals surface area contributed by atoms with Crippen LogP contribution in [0.5, 0.6) is 0 Å². The highest BCUT2D eigenvalue weighted by Gasteiger charge is 2.37. The van der Waals surface area contributed by atoms with Gasteiger partial charge in [-0.25, -0.2) is 8.78 Å². The zero-order valence-corrected chi connectivity index (χ0v) is 14.7. The maximum atomic E-state index is 13.4. The van der Waals surface area contributed by atoms with Crippen LogP contribution >= 0.6 is 0 Å². The van der Waals surface area contributed by atoms with Crippen LogP contribution in [0.4, 0.5) is 14.6 Å². The summed E-state index contributed by atoms with van der Waals surface area (Å²) in [5.74, 6) is -0.195. The molecule has 138 valence electrons. The quantitative estimate of drug-likeness (QED) is 0.912. The molecule has 1 aliphatic heterocycles. The van der Waals surface area contributed by atoms with Crippen molar-refractivity contribution in [3.05, 3.63) is 47.7 Å². The normalized spacial score (nSPS) is 26.0. The molecule has 1 aromatic heterocycles. The Hall–Kier alpha value is -2.28. The highest BCUT2D eigenvalue weighted by molar-refractivity contribution is 5.97. The van der Waals surface area contributed by atoms with Crippen molar-refractivity contribution in [2.45, 2.75) is 43.7 Å². The molecule has 26 heavy (non-hydrogen) atoms. The lowest BCUT2D eigenvalue weighted by molar-refractivity contribution is -0.122. The van der Waals surface area contributed by atoms with Crippen LogP contribution in [0.15, 0.2) is 30.5 Å².